The van der Waals surface area contributed by atoms with E-state index in [1.54, 1.807) is 0 Å². The monoisotopic (exact) mass is 164 g/mol. The van der Waals surface area contributed by atoms with Crippen molar-refractivity contribution in [2.24, 2.45) is 0 Å². The second kappa shape index (κ2) is 3.15. The summed E-state index contributed by atoms with van der Waals surface area (Å²) in [7, 11) is 0. The summed E-state index contributed by atoms with van der Waals surface area (Å²) in [5.74, 6) is 1.00. The maximum Gasteiger partial charge on any atom is 0.122 e. The number of rotatable bonds is 2. The molecule has 1 heterocycles. The molecule has 2 nitrogen and oxygen atoms in total. The molecule has 2 heteroatoms. The van der Waals surface area contributed by atoms with Crippen molar-refractivity contribution in [1.29, 1.82) is 0 Å². The molecule has 1 aromatic rings. The van der Waals surface area contributed by atoms with E-state index in [-0.39, 0.29) is 6.61 Å². The molecule has 1 aliphatic rings. The standard InChI is InChI=1S/C10H12O2/c11-5-3-8-1-2-9-4-6-12-10(9)7-8/h1-2,7,11H,3-6H2. The van der Waals surface area contributed by atoms with Crippen LogP contribution in [-0.4, -0.2) is 18.3 Å². The minimum absolute atomic E-state index is 0.207. The first-order valence-corrected chi connectivity index (χ1v) is 4.25. The Kier molecular flexibility index (Phi) is 2.00. The molecular weight excluding hydrogens is 152 g/mol. The lowest BCUT2D eigenvalue weighted by atomic mass is 10.1. The van der Waals surface area contributed by atoms with Gasteiger partial charge in [0.1, 0.15) is 5.75 Å². The molecule has 0 bridgehead atoms. The van der Waals surface area contributed by atoms with Crippen molar-refractivity contribution < 1.29 is 9.84 Å². The molecule has 0 aromatic heterocycles. The molecule has 1 aromatic carbocycles. The zero-order valence-corrected chi connectivity index (χ0v) is 6.92. The molecule has 0 aliphatic carbocycles. The van der Waals surface area contributed by atoms with Crippen LogP contribution in [0.3, 0.4) is 0 Å². The smallest absolute Gasteiger partial charge is 0.122 e. The minimum Gasteiger partial charge on any atom is -0.493 e. The molecule has 64 valence electrons. The average molecular weight is 164 g/mol. The van der Waals surface area contributed by atoms with Crippen LogP contribution in [0.15, 0.2) is 18.2 Å². The zero-order valence-electron chi connectivity index (χ0n) is 6.92. The number of hydrogen-bond donors (Lipinski definition) is 1. The fraction of sp³-hybridized carbons (Fsp3) is 0.400. The molecule has 0 saturated carbocycles. The Hall–Kier alpha value is -1.02. The van der Waals surface area contributed by atoms with Crippen LogP contribution in [0.4, 0.5) is 0 Å². The molecule has 0 saturated heterocycles. The first kappa shape index (κ1) is 7.62. The Morgan fingerprint density at radius 2 is 2.33 bits per heavy atom. The van der Waals surface area contributed by atoms with Gasteiger partial charge in [0, 0.05) is 13.0 Å². The van der Waals surface area contributed by atoms with Crippen molar-refractivity contribution in [2.75, 3.05) is 13.2 Å². The predicted molar refractivity (Wildman–Crippen MR) is 46.4 cm³/mol. The van der Waals surface area contributed by atoms with Gasteiger partial charge in [-0.15, -0.1) is 0 Å². The Morgan fingerprint density at radius 3 is 3.17 bits per heavy atom. The van der Waals surface area contributed by atoms with Crippen LogP contribution >= 0.6 is 0 Å². The molecule has 1 N–H and O–H groups in total. The Bertz CT molecular complexity index is 281. The van der Waals surface area contributed by atoms with Gasteiger partial charge in [-0.25, -0.2) is 0 Å². The minimum atomic E-state index is 0.207. The SMILES string of the molecule is OCCc1ccc2c(c1)OCC2. The van der Waals surface area contributed by atoms with E-state index >= 15 is 0 Å². The van der Waals surface area contributed by atoms with E-state index in [1.165, 1.54) is 5.56 Å². The maximum atomic E-state index is 8.73. The summed E-state index contributed by atoms with van der Waals surface area (Å²) in [4.78, 5) is 0. The summed E-state index contributed by atoms with van der Waals surface area (Å²) >= 11 is 0. The Labute approximate surface area is 71.8 Å². The molecule has 0 radical (unpaired) electrons. The number of aliphatic hydroxyl groups excluding tert-OH is 1. The van der Waals surface area contributed by atoms with E-state index in [0.717, 1.165) is 30.8 Å². The Balaban J connectivity index is 2.26. The molecule has 0 spiro atoms. The molecule has 0 fully saturated rings. The summed E-state index contributed by atoms with van der Waals surface area (Å²) in [6, 6.07) is 6.18. The molecule has 12 heavy (non-hydrogen) atoms. The average Bonchev–Trinajstić information content (AvgIpc) is 2.51. The van der Waals surface area contributed by atoms with Crippen molar-refractivity contribution in [3.63, 3.8) is 0 Å². The lowest BCUT2D eigenvalue weighted by Crippen LogP contribution is -1.91. The molecule has 0 atom stereocenters. The predicted octanol–water partition coefficient (Wildman–Crippen LogP) is 1.16. The number of benzene rings is 1. The molecule has 0 amide bonds. The van der Waals surface area contributed by atoms with Crippen LogP contribution in [-0.2, 0) is 12.8 Å². The van der Waals surface area contributed by atoms with Crippen LogP contribution in [0.2, 0.25) is 0 Å². The van der Waals surface area contributed by atoms with Gasteiger partial charge in [0.05, 0.1) is 6.61 Å². The molecule has 2 rings (SSSR count). The summed E-state index contributed by atoms with van der Waals surface area (Å²) in [6.45, 7) is 1.01. The van der Waals surface area contributed by atoms with Gasteiger partial charge in [-0.2, -0.15) is 0 Å². The number of ether oxygens (including phenoxy) is 1. The van der Waals surface area contributed by atoms with E-state index < -0.39 is 0 Å². The Morgan fingerprint density at radius 1 is 1.42 bits per heavy atom. The summed E-state index contributed by atoms with van der Waals surface area (Å²) < 4.78 is 5.40. The maximum absolute atomic E-state index is 8.73. The van der Waals surface area contributed by atoms with E-state index in [4.69, 9.17) is 9.84 Å². The van der Waals surface area contributed by atoms with Gasteiger partial charge in [-0.3, -0.25) is 0 Å². The lowest BCUT2D eigenvalue weighted by Gasteiger charge is -2.01. The third-order valence-corrected chi connectivity index (χ3v) is 2.16. The second-order valence-corrected chi connectivity index (χ2v) is 3.01. The first-order valence-electron chi connectivity index (χ1n) is 4.25. The van der Waals surface area contributed by atoms with Crippen LogP contribution < -0.4 is 4.74 Å². The highest BCUT2D eigenvalue weighted by Gasteiger charge is 2.11. The van der Waals surface area contributed by atoms with E-state index in [9.17, 15) is 0 Å². The van der Waals surface area contributed by atoms with Gasteiger partial charge in [0.2, 0.25) is 0 Å². The van der Waals surface area contributed by atoms with Gasteiger partial charge < -0.3 is 9.84 Å². The van der Waals surface area contributed by atoms with Crippen molar-refractivity contribution in [3.05, 3.63) is 29.3 Å². The van der Waals surface area contributed by atoms with Gasteiger partial charge in [0.15, 0.2) is 0 Å². The quantitative estimate of drug-likeness (QED) is 0.710. The van der Waals surface area contributed by atoms with Crippen molar-refractivity contribution in [2.45, 2.75) is 12.8 Å². The van der Waals surface area contributed by atoms with Gasteiger partial charge in [-0.1, -0.05) is 12.1 Å². The zero-order chi connectivity index (χ0) is 8.39. The topological polar surface area (TPSA) is 29.5 Å². The lowest BCUT2D eigenvalue weighted by molar-refractivity contribution is 0.299. The largest absolute Gasteiger partial charge is 0.493 e. The highest BCUT2D eigenvalue weighted by molar-refractivity contribution is 5.40. The van der Waals surface area contributed by atoms with Gasteiger partial charge >= 0.3 is 0 Å². The van der Waals surface area contributed by atoms with Crippen molar-refractivity contribution in [3.8, 4) is 5.75 Å². The third-order valence-electron chi connectivity index (χ3n) is 2.16. The van der Waals surface area contributed by atoms with E-state index in [2.05, 4.69) is 12.1 Å². The van der Waals surface area contributed by atoms with E-state index in [1.807, 2.05) is 6.07 Å². The van der Waals surface area contributed by atoms with Crippen LogP contribution in [0.5, 0.6) is 5.75 Å². The first-order chi connectivity index (χ1) is 5.90. The van der Waals surface area contributed by atoms with Crippen molar-refractivity contribution >= 4 is 0 Å². The van der Waals surface area contributed by atoms with Crippen LogP contribution in [0, 0.1) is 0 Å². The highest BCUT2D eigenvalue weighted by Crippen LogP contribution is 2.26. The van der Waals surface area contributed by atoms with Crippen molar-refractivity contribution in [1.82, 2.24) is 0 Å². The molecule has 1 aliphatic heterocycles. The number of aliphatic hydroxyl groups is 1. The normalized spacial score (nSPS) is 14.1. The summed E-state index contributed by atoms with van der Waals surface area (Å²) in [6.07, 6.45) is 1.74. The van der Waals surface area contributed by atoms with Crippen LogP contribution in [0.25, 0.3) is 0 Å². The summed E-state index contributed by atoms with van der Waals surface area (Å²) in [5, 5.41) is 8.73. The summed E-state index contributed by atoms with van der Waals surface area (Å²) in [5.41, 5.74) is 2.44. The molecular formula is C10H12O2. The highest BCUT2D eigenvalue weighted by atomic mass is 16.5. The number of hydrogen-bond acceptors (Lipinski definition) is 2. The van der Waals surface area contributed by atoms with Gasteiger partial charge in [0.25, 0.3) is 0 Å². The third kappa shape index (κ3) is 1.30. The van der Waals surface area contributed by atoms with E-state index in [0.29, 0.717) is 0 Å². The molecule has 0 unspecified atom stereocenters. The fourth-order valence-electron chi connectivity index (χ4n) is 1.50. The van der Waals surface area contributed by atoms with Gasteiger partial charge in [-0.05, 0) is 23.6 Å². The van der Waals surface area contributed by atoms with Crippen LogP contribution in [0.1, 0.15) is 11.1 Å². The fourth-order valence-corrected chi connectivity index (χ4v) is 1.50. The second-order valence-electron chi connectivity index (χ2n) is 3.01. The number of fused-ring (bicyclic) bond motifs is 1.